The summed E-state index contributed by atoms with van der Waals surface area (Å²) >= 11 is 0. The first kappa shape index (κ1) is 23.2. The van der Waals surface area contributed by atoms with Crippen LogP contribution in [0.1, 0.15) is 46.0 Å². The first-order valence-electron chi connectivity index (χ1n) is 10.3. The Morgan fingerprint density at radius 1 is 1.10 bits per heavy atom. The van der Waals surface area contributed by atoms with E-state index >= 15 is 0 Å². The molecule has 0 saturated carbocycles. The number of ketones is 2. The summed E-state index contributed by atoms with van der Waals surface area (Å²) in [5, 5.41) is 0. The molecule has 1 aromatic heterocycles. The Morgan fingerprint density at radius 2 is 1.71 bits per heavy atom. The molecule has 0 spiro atoms. The highest BCUT2D eigenvalue weighted by Gasteiger charge is 2.30. The highest BCUT2D eigenvalue weighted by Crippen LogP contribution is 2.23. The van der Waals surface area contributed by atoms with Crippen LogP contribution in [-0.4, -0.2) is 74.0 Å². The predicted molar refractivity (Wildman–Crippen MR) is 117 cm³/mol. The number of benzene rings is 1. The van der Waals surface area contributed by atoms with E-state index in [-0.39, 0.29) is 23.0 Å². The number of aromatic amines is 1. The van der Waals surface area contributed by atoms with Crippen molar-refractivity contribution in [3.05, 3.63) is 46.8 Å². The van der Waals surface area contributed by atoms with Crippen molar-refractivity contribution in [1.82, 2.24) is 14.2 Å². The van der Waals surface area contributed by atoms with Crippen LogP contribution in [0.2, 0.25) is 0 Å². The summed E-state index contributed by atoms with van der Waals surface area (Å²) in [5.74, 6) is 0.460. The predicted octanol–water partition coefficient (Wildman–Crippen LogP) is 2.29. The molecule has 0 unspecified atom stereocenters. The third kappa shape index (κ3) is 4.73. The second-order valence-electron chi connectivity index (χ2n) is 7.67. The molecule has 0 atom stereocenters. The zero-order chi connectivity index (χ0) is 22.8. The molecule has 0 bridgehead atoms. The molecule has 1 saturated heterocycles. The summed E-state index contributed by atoms with van der Waals surface area (Å²) in [6.45, 7) is 6.95. The van der Waals surface area contributed by atoms with E-state index in [1.165, 1.54) is 30.5 Å². The summed E-state index contributed by atoms with van der Waals surface area (Å²) in [6, 6.07) is 6.33. The van der Waals surface area contributed by atoms with Gasteiger partial charge in [0.1, 0.15) is 5.75 Å². The Kier molecular flexibility index (Phi) is 6.98. The number of sulfonamides is 1. The topological polar surface area (TPSA) is 99.8 Å². The van der Waals surface area contributed by atoms with E-state index in [2.05, 4.69) is 4.98 Å². The number of ether oxygens (including phenoxy) is 1. The van der Waals surface area contributed by atoms with Crippen LogP contribution in [-0.2, 0) is 16.4 Å². The van der Waals surface area contributed by atoms with Gasteiger partial charge in [-0.25, -0.2) is 8.42 Å². The molecule has 0 aliphatic carbocycles. The van der Waals surface area contributed by atoms with Crippen molar-refractivity contribution in [3.8, 4) is 5.75 Å². The van der Waals surface area contributed by atoms with Crippen LogP contribution in [0.25, 0.3) is 0 Å². The standard InChI is InChI=1S/C22H29N3O5S/c1-5-19-21(16(3)26)15(2)23-22(19)20(27)14-24-10-12-25(13-11-24)31(28,29)18-8-6-17(30-4)7-9-18/h6-9,23H,5,10-14H2,1-4H3. The van der Waals surface area contributed by atoms with E-state index in [1.54, 1.807) is 19.1 Å². The normalized spacial score (nSPS) is 15.7. The fraction of sp³-hybridized carbons (Fsp3) is 0.455. The first-order chi connectivity index (χ1) is 14.7. The minimum absolute atomic E-state index is 0.0537. The van der Waals surface area contributed by atoms with Crippen molar-refractivity contribution in [2.24, 2.45) is 0 Å². The van der Waals surface area contributed by atoms with Crippen LogP contribution < -0.4 is 4.74 Å². The number of piperazine rings is 1. The van der Waals surface area contributed by atoms with E-state index in [0.29, 0.717) is 55.3 Å². The van der Waals surface area contributed by atoms with Gasteiger partial charge in [0.15, 0.2) is 11.6 Å². The number of nitrogens with zero attached hydrogens (tertiary/aromatic N) is 2. The van der Waals surface area contributed by atoms with E-state index in [0.717, 1.165) is 5.56 Å². The zero-order valence-corrected chi connectivity index (χ0v) is 19.2. The van der Waals surface area contributed by atoms with Gasteiger partial charge < -0.3 is 9.72 Å². The fourth-order valence-corrected chi connectivity index (χ4v) is 5.47. The molecule has 0 radical (unpaired) electrons. The molecule has 31 heavy (non-hydrogen) atoms. The largest absolute Gasteiger partial charge is 0.497 e. The minimum atomic E-state index is -3.59. The third-order valence-electron chi connectivity index (χ3n) is 5.67. The molecule has 9 heteroatoms. The summed E-state index contributed by atoms with van der Waals surface area (Å²) in [5.41, 5.74) is 2.55. The number of methoxy groups -OCH3 is 1. The number of nitrogens with one attached hydrogen (secondary N) is 1. The van der Waals surface area contributed by atoms with Gasteiger partial charge in [-0.15, -0.1) is 0 Å². The molecule has 2 heterocycles. The quantitative estimate of drug-likeness (QED) is 0.624. The number of carbonyl (C=O) groups is 2. The SMILES string of the molecule is CCc1c(C(=O)CN2CCN(S(=O)(=O)c3ccc(OC)cc3)CC2)[nH]c(C)c1C(C)=O. The number of Topliss-reactive ketones (excluding diaryl/α,β-unsaturated/α-hetero) is 2. The van der Waals surface area contributed by atoms with E-state index in [1.807, 2.05) is 11.8 Å². The summed E-state index contributed by atoms with van der Waals surface area (Å²) in [6.07, 6.45) is 0.591. The maximum atomic E-state index is 12.9. The lowest BCUT2D eigenvalue weighted by Crippen LogP contribution is -2.49. The van der Waals surface area contributed by atoms with Gasteiger partial charge >= 0.3 is 0 Å². The van der Waals surface area contributed by atoms with Crippen molar-refractivity contribution in [3.63, 3.8) is 0 Å². The van der Waals surface area contributed by atoms with Crippen LogP contribution in [0.3, 0.4) is 0 Å². The Bertz CT molecular complexity index is 1070. The minimum Gasteiger partial charge on any atom is -0.497 e. The van der Waals surface area contributed by atoms with Crippen molar-refractivity contribution in [2.75, 3.05) is 39.8 Å². The van der Waals surface area contributed by atoms with Gasteiger partial charge in [0, 0.05) is 37.4 Å². The molecule has 168 valence electrons. The summed E-state index contributed by atoms with van der Waals surface area (Å²) in [7, 11) is -2.06. The van der Waals surface area contributed by atoms with Gasteiger partial charge in [0.05, 0.1) is 24.2 Å². The lowest BCUT2D eigenvalue weighted by Gasteiger charge is -2.33. The average molecular weight is 448 g/mol. The van der Waals surface area contributed by atoms with Crippen LogP contribution in [0, 0.1) is 6.92 Å². The van der Waals surface area contributed by atoms with Gasteiger partial charge in [-0.3, -0.25) is 14.5 Å². The average Bonchev–Trinajstić information content (AvgIpc) is 3.10. The zero-order valence-electron chi connectivity index (χ0n) is 18.4. The molecule has 0 amide bonds. The summed E-state index contributed by atoms with van der Waals surface area (Å²) in [4.78, 5) is 30.1. The molecule has 1 aliphatic heterocycles. The highest BCUT2D eigenvalue weighted by atomic mass is 32.2. The smallest absolute Gasteiger partial charge is 0.243 e. The van der Waals surface area contributed by atoms with Crippen molar-refractivity contribution < 1.29 is 22.7 Å². The molecule has 2 aromatic rings. The van der Waals surface area contributed by atoms with Gasteiger partial charge in [0.25, 0.3) is 0 Å². The van der Waals surface area contributed by atoms with Crippen LogP contribution in [0.5, 0.6) is 5.75 Å². The molecule has 1 fully saturated rings. The number of hydrogen-bond donors (Lipinski definition) is 1. The Labute approximate surface area is 183 Å². The molecular weight excluding hydrogens is 418 g/mol. The van der Waals surface area contributed by atoms with Crippen LogP contribution in [0.4, 0.5) is 0 Å². The molecule has 1 N–H and O–H groups in total. The van der Waals surface area contributed by atoms with E-state index in [9.17, 15) is 18.0 Å². The number of aromatic nitrogens is 1. The van der Waals surface area contributed by atoms with Gasteiger partial charge in [-0.1, -0.05) is 6.92 Å². The van der Waals surface area contributed by atoms with Gasteiger partial charge in [-0.05, 0) is 50.1 Å². The van der Waals surface area contributed by atoms with E-state index < -0.39 is 10.0 Å². The number of H-pyrrole nitrogens is 1. The van der Waals surface area contributed by atoms with Crippen LogP contribution in [0.15, 0.2) is 29.2 Å². The maximum absolute atomic E-state index is 12.9. The number of rotatable bonds is 8. The summed E-state index contributed by atoms with van der Waals surface area (Å²) < 4.78 is 32.3. The Balaban J connectivity index is 1.65. The molecule has 1 aromatic carbocycles. The highest BCUT2D eigenvalue weighted by molar-refractivity contribution is 7.89. The molecule has 1 aliphatic rings. The number of aryl methyl sites for hydroxylation is 1. The van der Waals surface area contributed by atoms with Gasteiger partial charge in [0.2, 0.25) is 10.0 Å². The fourth-order valence-electron chi connectivity index (χ4n) is 4.05. The second-order valence-corrected chi connectivity index (χ2v) is 9.61. The lowest BCUT2D eigenvalue weighted by atomic mass is 10.0. The number of hydrogen-bond acceptors (Lipinski definition) is 6. The van der Waals surface area contributed by atoms with Crippen LogP contribution >= 0.6 is 0 Å². The molecule has 8 nitrogen and oxygen atoms in total. The first-order valence-corrected chi connectivity index (χ1v) is 11.7. The maximum Gasteiger partial charge on any atom is 0.243 e. The number of carbonyl (C=O) groups excluding carboxylic acids is 2. The molecule has 3 rings (SSSR count). The molecular formula is C22H29N3O5S. The second kappa shape index (κ2) is 9.33. The Morgan fingerprint density at radius 3 is 2.23 bits per heavy atom. The third-order valence-corrected chi connectivity index (χ3v) is 7.58. The van der Waals surface area contributed by atoms with E-state index in [4.69, 9.17) is 4.74 Å². The van der Waals surface area contributed by atoms with Crippen molar-refractivity contribution in [1.29, 1.82) is 0 Å². The van der Waals surface area contributed by atoms with Crippen molar-refractivity contribution >= 4 is 21.6 Å². The Hall–Kier alpha value is -2.49. The van der Waals surface area contributed by atoms with Crippen molar-refractivity contribution in [2.45, 2.75) is 32.1 Å². The lowest BCUT2D eigenvalue weighted by molar-refractivity contribution is 0.0896. The van der Waals surface area contributed by atoms with Gasteiger partial charge in [-0.2, -0.15) is 4.31 Å². The monoisotopic (exact) mass is 447 g/mol.